The van der Waals surface area contributed by atoms with Crippen LogP contribution >= 0.6 is 0 Å². The number of morpholine rings is 1. The maximum Gasteiger partial charge on any atom is 0.0811 e. The van der Waals surface area contributed by atoms with Crippen molar-refractivity contribution in [2.24, 2.45) is 0 Å². The Bertz CT molecular complexity index is 137. The Hall–Kier alpha value is -0.123. The Balaban J connectivity index is 2.19. The highest BCUT2D eigenvalue weighted by atomic mass is 28.2. The van der Waals surface area contributed by atoms with E-state index in [-0.39, 0.29) is 9.52 Å². The van der Waals surface area contributed by atoms with Crippen molar-refractivity contribution < 1.29 is 4.74 Å². The first-order valence-electron chi connectivity index (χ1n) is 4.24. The molecule has 1 N–H and O–H groups in total. The molecule has 1 aliphatic heterocycles. The van der Waals surface area contributed by atoms with Gasteiger partial charge in [0.2, 0.25) is 0 Å². The number of hydrogen-bond acceptors (Lipinski definition) is 2. The Morgan fingerprint density at radius 1 is 1.64 bits per heavy atom. The van der Waals surface area contributed by atoms with Gasteiger partial charge in [-0.15, -0.1) is 0 Å². The molecule has 1 atom stereocenters. The summed E-state index contributed by atoms with van der Waals surface area (Å²) in [5, 5.41) is 3.34. The van der Waals surface area contributed by atoms with E-state index in [9.17, 15) is 0 Å². The lowest BCUT2D eigenvalue weighted by Crippen LogP contribution is -2.41. The first-order chi connectivity index (χ1) is 5.29. The van der Waals surface area contributed by atoms with Crippen LogP contribution in [0.1, 0.15) is 13.8 Å². The summed E-state index contributed by atoms with van der Waals surface area (Å²) in [7, 11) is -0.129. The summed E-state index contributed by atoms with van der Waals surface area (Å²) < 4.78 is 5.58. The molecule has 0 bridgehead atoms. The third-order valence-corrected chi connectivity index (χ3v) is 3.90. The Labute approximate surface area is 70.8 Å². The quantitative estimate of drug-likeness (QED) is 0.592. The maximum atomic E-state index is 5.58. The molecule has 0 radical (unpaired) electrons. The van der Waals surface area contributed by atoms with Crippen molar-refractivity contribution in [1.82, 2.24) is 5.32 Å². The largest absolute Gasteiger partial charge is 0.379 e. The van der Waals surface area contributed by atoms with Crippen molar-refractivity contribution in [3.63, 3.8) is 0 Å². The van der Waals surface area contributed by atoms with Crippen LogP contribution in [-0.4, -0.2) is 34.9 Å². The molecule has 1 fully saturated rings. The highest BCUT2D eigenvalue weighted by Crippen LogP contribution is 1.96. The lowest BCUT2D eigenvalue weighted by Gasteiger charge is -2.22. The standard InChI is InChI=1S/C8H17NOSi/c1-7(2)6-11-8-5-9-3-4-10-8/h6,8-9H,3-5,11H2,1-2H3. The summed E-state index contributed by atoms with van der Waals surface area (Å²) in [6.07, 6.45) is 0. The highest BCUT2D eigenvalue weighted by Gasteiger charge is 2.11. The third kappa shape index (κ3) is 3.70. The lowest BCUT2D eigenvalue weighted by atomic mass is 10.4. The first-order valence-corrected chi connectivity index (χ1v) is 5.88. The number of ether oxygens (including phenoxy) is 1. The van der Waals surface area contributed by atoms with Gasteiger partial charge < -0.3 is 10.1 Å². The van der Waals surface area contributed by atoms with E-state index in [1.807, 2.05) is 0 Å². The van der Waals surface area contributed by atoms with E-state index in [4.69, 9.17) is 4.74 Å². The summed E-state index contributed by atoms with van der Waals surface area (Å²) in [5.74, 6) is 0. The van der Waals surface area contributed by atoms with Crippen molar-refractivity contribution in [3.8, 4) is 0 Å². The second kappa shape index (κ2) is 4.69. The SMILES string of the molecule is CC(C)=C[SiH2]C1CNCCO1. The van der Waals surface area contributed by atoms with Crippen LogP contribution in [0.25, 0.3) is 0 Å². The second-order valence-electron chi connectivity index (χ2n) is 3.21. The summed E-state index contributed by atoms with van der Waals surface area (Å²) in [6, 6.07) is 0. The average molecular weight is 171 g/mol. The van der Waals surface area contributed by atoms with Crippen molar-refractivity contribution in [1.29, 1.82) is 0 Å². The van der Waals surface area contributed by atoms with Gasteiger partial charge in [-0.05, 0) is 13.8 Å². The molecule has 3 heteroatoms. The minimum atomic E-state index is -0.129. The molecule has 0 spiro atoms. The topological polar surface area (TPSA) is 21.3 Å². The molecule has 0 saturated carbocycles. The third-order valence-electron chi connectivity index (χ3n) is 1.79. The fourth-order valence-electron chi connectivity index (χ4n) is 1.14. The summed E-state index contributed by atoms with van der Waals surface area (Å²) in [6.45, 7) is 7.30. The van der Waals surface area contributed by atoms with Crippen LogP contribution in [0.15, 0.2) is 11.3 Å². The first kappa shape index (κ1) is 8.97. The van der Waals surface area contributed by atoms with Gasteiger partial charge in [0.1, 0.15) is 0 Å². The molecular formula is C8H17NOSi. The van der Waals surface area contributed by atoms with E-state index in [2.05, 4.69) is 24.9 Å². The van der Waals surface area contributed by atoms with Crippen molar-refractivity contribution in [2.75, 3.05) is 19.7 Å². The smallest absolute Gasteiger partial charge is 0.0811 e. The van der Waals surface area contributed by atoms with Gasteiger partial charge in [-0.1, -0.05) is 11.3 Å². The number of rotatable bonds is 2. The zero-order chi connectivity index (χ0) is 8.10. The van der Waals surface area contributed by atoms with E-state index in [0.29, 0.717) is 5.73 Å². The predicted octanol–water partition coefficient (Wildman–Crippen LogP) is 0.0248. The lowest BCUT2D eigenvalue weighted by molar-refractivity contribution is 0.0784. The van der Waals surface area contributed by atoms with E-state index in [1.165, 1.54) is 5.57 Å². The van der Waals surface area contributed by atoms with Crippen LogP contribution < -0.4 is 5.32 Å². The normalized spacial score (nSPS) is 25.8. The van der Waals surface area contributed by atoms with Crippen LogP contribution in [0, 0.1) is 0 Å². The second-order valence-corrected chi connectivity index (χ2v) is 5.00. The molecule has 1 rings (SSSR count). The Morgan fingerprint density at radius 2 is 2.45 bits per heavy atom. The van der Waals surface area contributed by atoms with Crippen molar-refractivity contribution in [2.45, 2.75) is 19.6 Å². The number of nitrogens with one attached hydrogen (secondary N) is 1. The van der Waals surface area contributed by atoms with E-state index in [0.717, 1.165) is 19.7 Å². The Kier molecular flexibility index (Phi) is 3.83. The minimum absolute atomic E-state index is 0.129. The van der Waals surface area contributed by atoms with Crippen LogP contribution in [0.2, 0.25) is 0 Å². The molecule has 0 aliphatic carbocycles. The van der Waals surface area contributed by atoms with Crippen LogP contribution in [0.3, 0.4) is 0 Å². The maximum absolute atomic E-state index is 5.58. The molecule has 64 valence electrons. The van der Waals surface area contributed by atoms with Crippen LogP contribution in [0.5, 0.6) is 0 Å². The molecule has 0 amide bonds. The van der Waals surface area contributed by atoms with Gasteiger partial charge in [0, 0.05) is 13.1 Å². The fraction of sp³-hybridized carbons (Fsp3) is 0.750. The van der Waals surface area contributed by atoms with E-state index in [1.54, 1.807) is 0 Å². The van der Waals surface area contributed by atoms with Crippen LogP contribution in [0.4, 0.5) is 0 Å². The number of allylic oxidation sites excluding steroid dienone is 1. The van der Waals surface area contributed by atoms with Crippen LogP contribution in [-0.2, 0) is 4.74 Å². The molecule has 1 heterocycles. The summed E-state index contributed by atoms with van der Waals surface area (Å²) in [4.78, 5) is 0. The van der Waals surface area contributed by atoms with Gasteiger partial charge in [0.25, 0.3) is 0 Å². The van der Waals surface area contributed by atoms with Gasteiger partial charge in [-0.3, -0.25) is 0 Å². The fourth-order valence-corrected chi connectivity index (χ4v) is 2.55. The molecule has 1 saturated heterocycles. The van der Waals surface area contributed by atoms with Gasteiger partial charge in [0.15, 0.2) is 0 Å². The van der Waals surface area contributed by atoms with E-state index < -0.39 is 0 Å². The molecular weight excluding hydrogens is 154 g/mol. The van der Waals surface area contributed by atoms with Gasteiger partial charge in [-0.2, -0.15) is 0 Å². The van der Waals surface area contributed by atoms with E-state index >= 15 is 0 Å². The molecule has 1 unspecified atom stereocenters. The van der Waals surface area contributed by atoms with Gasteiger partial charge in [0.05, 0.1) is 21.9 Å². The zero-order valence-corrected chi connectivity index (χ0v) is 8.81. The minimum Gasteiger partial charge on any atom is -0.379 e. The molecule has 0 aromatic rings. The van der Waals surface area contributed by atoms with Gasteiger partial charge in [-0.25, -0.2) is 0 Å². The molecule has 2 nitrogen and oxygen atoms in total. The summed E-state index contributed by atoms with van der Waals surface area (Å²) >= 11 is 0. The molecule has 0 aromatic carbocycles. The number of hydrogen-bond donors (Lipinski definition) is 1. The zero-order valence-electron chi connectivity index (χ0n) is 7.39. The molecule has 11 heavy (non-hydrogen) atoms. The Morgan fingerprint density at radius 3 is 3.00 bits per heavy atom. The molecule has 0 aromatic heterocycles. The molecule has 1 aliphatic rings. The monoisotopic (exact) mass is 171 g/mol. The average Bonchev–Trinajstić information content (AvgIpc) is 2.03. The van der Waals surface area contributed by atoms with Crippen molar-refractivity contribution >= 4 is 9.52 Å². The van der Waals surface area contributed by atoms with Gasteiger partial charge >= 0.3 is 0 Å². The summed E-state index contributed by atoms with van der Waals surface area (Å²) in [5.41, 5.74) is 4.35. The van der Waals surface area contributed by atoms with Crippen molar-refractivity contribution in [3.05, 3.63) is 11.3 Å². The predicted molar refractivity (Wildman–Crippen MR) is 50.6 cm³/mol. The highest BCUT2D eigenvalue weighted by molar-refractivity contribution is 6.44.